The van der Waals surface area contributed by atoms with Gasteiger partial charge >= 0.3 is 6.03 Å². The molecule has 1 fully saturated rings. The van der Waals surface area contributed by atoms with Crippen LogP contribution in [0.15, 0.2) is 45.0 Å². The van der Waals surface area contributed by atoms with Crippen molar-refractivity contribution >= 4 is 39.9 Å². The molecule has 1 saturated heterocycles. The number of rotatable bonds is 5. The van der Waals surface area contributed by atoms with Gasteiger partial charge < -0.3 is 13.9 Å². The standard InChI is InChI=1S/C18H15BrN2O6/c1-25-14-8-11(19)6-10(15(14)26-2)7-13-16(22)20-18(24)21(17(13)23)9-12-4-3-5-27-12/h3-8H,9H2,1-2H3,(H,20,22,24)/b13-7+. The number of carbonyl (C=O) groups is 3. The highest BCUT2D eigenvalue weighted by molar-refractivity contribution is 9.10. The zero-order valence-electron chi connectivity index (χ0n) is 14.4. The van der Waals surface area contributed by atoms with E-state index in [2.05, 4.69) is 21.2 Å². The molecule has 1 aliphatic rings. The molecule has 0 spiro atoms. The average molecular weight is 435 g/mol. The van der Waals surface area contributed by atoms with Crippen molar-refractivity contribution in [1.29, 1.82) is 0 Å². The Bertz CT molecular complexity index is 936. The number of ether oxygens (including phenoxy) is 2. The molecule has 4 amide bonds. The molecule has 1 aromatic heterocycles. The van der Waals surface area contributed by atoms with Gasteiger partial charge in [0.05, 0.1) is 27.0 Å². The third-order valence-corrected chi connectivity index (χ3v) is 4.31. The first kappa shape index (κ1) is 18.7. The van der Waals surface area contributed by atoms with Crippen LogP contribution in [0.25, 0.3) is 6.08 Å². The zero-order chi connectivity index (χ0) is 19.6. The zero-order valence-corrected chi connectivity index (χ0v) is 16.0. The van der Waals surface area contributed by atoms with Crippen molar-refractivity contribution in [1.82, 2.24) is 10.2 Å². The summed E-state index contributed by atoms with van der Waals surface area (Å²) in [5.74, 6) is -0.342. The number of amides is 4. The molecule has 0 aliphatic carbocycles. The minimum atomic E-state index is -0.808. The molecule has 2 aromatic rings. The number of urea groups is 1. The fourth-order valence-corrected chi connectivity index (χ4v) is 3.07. The smallest absolute Gasteiger partial charge is 0.331 e. The molecule has 27 heavy (non-hydrogen) atoms. The first-order valence-electron chi connectivity index (χ1n) is 7.77. The van der Waals surface area contributed by atoms with Gasteiger partial charge in [-0.25, -0.2) is 4.79 Å². The number of halogens is 1. The molecule has 0 bridgehead atoms. The number of nitrogens with zero attached hydrogens (tertiary/aromatic N) is 1. The maximum Gasteiger partial charge on any atom is 0.331 e. The van der Waals surface area contributed by atoms with Gasteiger partial charge in [-0.15, -0.1) is 0 Å². The fourth-order valence-electron chi connectivity index (χ4n) is 2.62. The van der Waals surface area contributed by atoms with Gasteiger partial charge in [-0.2, -0.15) is 0 Å². The summed E-state index contributed by atoms with van der Waals surface area (Å²) in [5.41, 5.74) is 0.231. The first-order valence-corrected chi connectivity index (χ1v) is 8.56. The second kappa shape index (κ2) is 7.67. The Labute approximate surface area is 162 Å². The minimum absolute atomic E-state index is 0.0960. The molecule has 0 radical (unpaired) electrons. The molecule has 1 aliphatic heterocycles. The Hall–Kier alpha value is -3.07. The summed E-state index contributed by atoms with van der Waals surface area (Å²) in [6, 6.07) is 5.82. The molecular weight excluding hydrogens is 420 g/mol. The summed E-state index contributed by atoms with van der Waals surface area (Å²) >= 11 is 3.35. The average Bonchev–Trinajstić information content (AvgIpc) is 3.14. The highest BCUT2D eigenvalue weighted by Crippen LogP contribution is 2.36. The largest absolute Gasteiger partial charge is 0.493 e. The van der Waals surface area contributed by atoms with Crippen LogP contribution in [-0.2, 0) is 16.1 Å². The number of methoxy groups -OCH3 is 2. The number of nitrogens with one attached hydrogen (secondary N) is 1. The van der Waals surface area contributed by atoms with Crippen LogP contribution in [0.1, 0.15) is 11.3 Å². The maximum atomic E-state index is 12.8. The van der Waals surface area contributed by atoms with E-state index in [-0.39, 0.29) is 12.1 Å². The third kappa shape index (κ3) is 3.72. The van der Waals surface area contributed by atoms with Gasteiger partial charge in [0.15, 0.2) is 11.5 Å². The summed E-state index contributed by atoms with van der Waals surface area (Å²) in [7, 11) is 2.92. The number of furan rings is 1. The van der Waals surface area contributed by atoms with E-state index >= 15 is 0 Å². The molecule has 140 valence electrons. The van der Waals surface area contributed by atoms with E-state index in [0.29, 0.717) is 27.3 Å². The summed E-state index contributed by atoms with van der Waals surface area (Å²) in [6.07, 6.45) is 2.79. The van der Waals surface area contributed by atoms with Crippen LogP contribution in [0.5, 0.6) is 11.5 Å². The van der Waals surface area contributed by atoms with Crippen LogP contribution >= 0.6 is 15.9 Å². The molecule has 9 heteroatoms. The Balaban J connectivity index is 2.02. The summed E-state index contributed by atoms with van der Waals surface area (Å²) in [6.45, 7) is -0.0960. The SMILES string of the molecule is COc1cc(Br)cc(/C=C2\C(=O)NC(=O)N(Cc3ccco3)C2=O)c1OC. The van der Waals surface area contributed by atoms with E-state index < -0.39 is 17.8 Å². The van der Waals surface area contributed by atoms with E-state index in [1.165, 1.54) is 26.6 Å². The highest BCUT2D eigenvalue weighted by Gasteiger charge is 2.36. The molecule has 0 saturated carbocycles. The number of carbonyl (C=O) groups excluding carboxylic acids is 3. The molecule has 0 atom stereocenters. The number of imide groups is 2. The van der Waals surface area contributed by atoms with Crippen LogP contribution in [-0.4, -0.2) is 37.0 Å². The first-order chi connectivity index (χ1) is 12.9. The van der Waals surface area contributed by atoms with Crippen LogP contribution in [0.3, 0.4) is 0 Å². The monoisotopic (exact) mass is 434 g/mol. The van der Waals surface area contributed by atoms with Crippen molar-refractivity contribution in [3.8, 4) is 11.5 Å². The Morgan fingerprint density at radius 2 is 2.00 bits per heavy atom. The maximum absolute atomic E-state index is 12.8. The van der Waals surface area contributed by atoms with Crippen molar-refractivity contribution in [3.05, 3.63) is 51.9 Å². The van der Waals surface area contributed by atoms with Crippen molar-refractivity contribution in [2.24, 2.45) is 0 Å². The van der Waals surface area contributed by atoms with Gasteiger partial charge in [-0.1, -0.05) is 15.9 Å². The molecule has 2 heterocycles. The molecule has 8 nitrogen and oxygen atoms in total. The lowest BCUT2D eigenvalue weighted by Crippen LogP contribution is -2.53. The van der Waals surface area contributed by atoms with E-state index in [1.54, 1.807) is 24.3 Å². The summed E-state index contributed by atoms with van der Waals surface area (Å²) < 4.78 is 16.4. The molecule has 3 rings (SSSR count). The number of hydrogen-bond donors (Lipinski definition) is 1. The van der Waals surface area contributed by atoms with E-state index in [9.17, 15) is 14.4 Å². The topological polar surface area (TPSA) is 98.1 Å². The lowest BCUT2D eigenvalue weighted by atomic mass is 10.1. The van der Waals surface area contributed by atoms with Gasteiger partial charge in [0.25, 0.3) is 11.8 Å². The van der Waals surface area contributed by atoms with Gasteiger partial charge in [-0.05, 0) is 30.3 Å². The van der Waals surface area contributed by atoms with Crippen LogP contribution in [0, 0.1) is 0 Å². The third-order valence-electron chi connectivity index (χ3n) is 3.85. The van der Waals surface area contributed by atoms with Gasteiger partial charge in [0, 0.05) is 10.0 Å². The van der Waals surface area contributed by atoms with Crippen molar-refractivity contribution in [2.75, 3.05) is 14.2 Å². The molecule has 1 N–H and O–H groups in total. The van der Waals surface area contributed by atoms with Crippen LogP contribution < -0.4 is 14.8 Å². The molecule has 1 aromatic carbocycles. The number of barbiturate groups is 1. The van der Waals surface area contributed by atoms with Gasteiger partial charge in [0.1, 0.15) is 11.3 Å². The normalized spacial score (nSPS) is 15.9. The van der Waals surface area contributed by atoms with E-state index in [4.69, 9.17) is 13.9 Å². The number of hydrogen-bond acceptors (Lipinski definition) is 6. The predicted molar refractivity (Wildman–Crippen MR) is 98.0 cm³/mol. The number of benzene rings is 1. The molecular formula is C18H15BrN2O6. The second-order valence-corrected chi connectivity index (χ2v) is 6.43. The lowest BCUT2D eigenvalue weighted by molar-refractivity contribution is -0.130. The van der Waals surface area contributed by atoms with Gasteiger partial charge in [-0.3, -0.25) is 19.8 Å². The van der Waals surface area contributed by atoms with E-state index in [1.807, 2.05) is 0 Å². The minimum Gasteiger partial charge on any atom is -0.493 e. The second-order valence-electron chi connectivity index (χ2n) is 5.52. The Morgan fingerprint density at radius 1 is 1.22 bits per heavy atom. The lowest BCUT2D eigenvalue weighted by Gasteiger charge is -2.25. The van der Waals surface area contributed by atoms with Crippen LogP contribution in [0.4, 0.5) is 4.79 Å². The fraction of sp³-hybridized carbons (Fsp3) is 0.167. The quantitative estimate of drug-likeness (QED) is 0.573. The molecule has 0 unspecified atom stereocenters. The van der Waals surface area contributed by atoms with Crippen molar-refractivity contribution < 1.29 is 28.3 Å². The summed E-state index contributed by atoms with van der Waals surface area (Å²) in [4.78, 5) is 38.0. The Kier molecular flexibility index (Phi) is 5.31. The van der Waals surface area contributed by atoms with Crippen molar-refractivity contribution in [3.63, 3.8) is 0 Å². The highest BCUT2D eigenvalue weighted by atomic mass is 79.9. The summed E-state index contributed by atoms with van der Waals surface area (Å²) in [5, 5.41) is 2.16. The van der Waals surface area contributed by atoms with Crippen molar-refractivity contribution in [2.45, 2.75) is 6.54 Å². The van der Waals surface area contributed by atoms with Crippen LogP contribution in [0.2, 0.25) is 0 Å². The Morgan fingerprint density at radius 3 is 2.63 bits per heavy atom. The van der Waals surface area contributed by atoms with E-state index in [0.717, 1.165) is 4.90 Å². The van der Waals surface area contributed by atoms with Gasteiger partial charge in [0.2, 0.25) is 0 Å². The predicted octanol–water partition coefficient (Wildman–Crippen LogP) is 2.72.